The van der Waals surface area contributed by atoms with Crippen LogP contribution >= 0.6 is 8.25 Å². The Morgan fingerprint density at radius 3 is 2.56 bits per heavy atom. The number of hydrogen-bond acceptors (Lipinski definition) is 3. The summed E-state index contributed by atoms with van der Waals surface area (Å²) in [5.74, 6) is -1.23. The first-order valence-electron chi connectivity index (χ1n) is 1.85. The molecule has 0 aliphatic heterocycles. The Labute approximate surface area is 51.5 Å². The number of hydrogen-bond donors (Lipinski definition) is 2. The van der Waals surface area contributed by atoms with E-state index in [0.29, 0.717) is 12.3 Å². The molecule has 0 radical (unpaired) electrons. The SMILES string of the molecule is O=C(O)/C=C/O[P+](=O)O. The third-order valence-electron chi connectivity index (χ3n) is 0.362. The van der Waals surface area contributed by atoms with Crippen LogP contribution in [0.5, 0.6) is 0 Å². The Hall–Kier alpha value is -0.930. The smallest absolute Gasteiger partial charge is 0.478 e. The van der Waals surface area contributed by atoms with Gasteiger partial charge in [0.25, 0.3) is 0 Å². The molecule has 0 aromatic carbocycles. The highest BCUT2D eigenvalue weighted by Crippen LogP contribution is 2.13. The molecular weight excluding hydrogens is 147 g/mol. The van der Waals surface area contributed by atoms with Crippen LogP contribution in [0.2, 0.25) is 0 Å². The van der Waals surface area contributed by atoms with Gasteiger partial charge in [-0.2, -0.15) is 0 Å². The Morgan fingerprint density at radius 2 is 2.22 bits per heavy atom. The van der Waals surface area contributed by atoms with Gasteiger partial charge >= 0.3 is 14.2 Å². The second-order valence-electron chi connectivity index (χ2n) is 0.984. The minimum Gasteiger partial charge on any atom is -0.478 e. The van der Waals surface area contributed by atoms with Crippen molar-refractivity contribution >= 4 is 14.2 Å². The molecule has 1 atom stereocenters. The maximum Gasteiger partial charge on any atom is 0.746 e. The third kappa shape index (κ3) is 7.07. The van der Waals surface area contributed by atoms with E-state index in [1.54, 1.807) is 0 Å². The van der Waals surface area contributed by atoms with E-state index < -0.39 is 14.2 Å². The first-order valence-corrected chi connectivity index (χ1v) is 2.98. The lowest BCUT2D eigenvalue weighted by atomic mass is 10.7. The highest BCUT2D eigenvalue weighted by molar-refractivity contribution is 7.32. The summed E-state index contributed by atoms with van der Waals surface area (Å²) < 4.78 is 13.5. The fraction of sp³-hybridized carbons (Fsp3) is 0. The van der Waals surface area contributed by atoms with E-state index in [9.17, 15) is 9.36 Å². The van der Waals surface area contributed by atoms with Crippen molar-refractivity contribution in [3.8, 4) is 0 Å². The average molecular weight is 151 g/mol. The molecule has 9 heavy (non-hydrogen) atoms. The maximum atomic E-state index is 9.66. The summed E-state index contributed by atoms with van der Waals surface area (Å²) in [5.41, 5.74) is 0. The van der Waals surface area contributed by atoms with Crippen LogP contribution in [-0.2, 0) is 13.9 Å². The quantitative estimate of drug-likeness (QED) is 0.343. The van der Waals surface area contributed by atoms with Gasteiger partial charge in [-0.15, -0.1) is 4.89 Å². The summed E-state index contributed by atoms with van der Waals surface area (Å²) in [6.07, 6.45) is 1.25. The van der Waals surface area contributed by atoms with Gasteiger partial charge in [0.05, 0.1) is 6.08 Å². The molecule has 0 aliphatic rings. The normalized spacial score (nSPS) is 11.4. The van der Waals surface area contributed by atoms with E-state index in [0.717, 1.165) is 0 Å². The summed E-state index contributed by atoms with van der Waals surface area (Å²) in [5, 5.41) is 7.88. The lowest BCUT2D eigenvalue weighted by molar-refractivity contribution is -0.131. The van der Waals surface area contributed by atoms with Crippen molar-refractivity contribution in [2.45, 2.75) is 0 Å². The van der Waals surface area contributed by atoms with Crippen LogP contribution in [-0.4, -0.2) is 16.0 Å². The molecule has 5 nitrogen and oxygen atoms in total. The van der Waals surface area contributed by atoms with E-state index in [1.807, 2.05) is 0 Å². The van der Waals surface area contributed by atoms with E-state index in [-0.39, 0.29) is 0 Å². The van der Waals surface area contributed by atoms with Crippen molar-refractivity contribution in [2.75, 3.05) is 0 Å². The lowest BCUT2D eigenvalue weighted by Crippen LogP contribution is -1.85. The largest absolute Gasteiger partial charge is 0.746 e. The molecule has 6 heteroatoms. The van der Waals surface area contributed by atoms with Gasteiger partial charge in [0.2, 0.25) is 0 Å². The standard InChI is InChI=1S/C3H3O5P/c4-3(5)1-2-8-9(6)7/h1-2H,(H-,4,5,6,7)/p+1/b2-1+. The van der Waals surface area contributed by atoms with Gasteiger partial charge in [-0.3, -0.25) is 0 Å². The number of aliphatic carboxylic acids is 1. The molecule has 0 bridgehead atoms. The number of carbonyl (C=O) groups is 1. The number of carboxylic acids is 1. The van der Waals surface area contributed by atoms with Gasteiger partial charge < -0.3 is 5.11 Å². The highest BCUT2D eigenvalue weighted by Gasteiger charge is 2.07. The van der Waals surface area contributed by atoms with Crippen LogP contribution in [0.1, 0.15) is 0 Å². The van der Waals surface area contributed by atoms with Gasteiger partial charge in [-0.25, -0.2) is 9.32 Å². The van der Waals surface area contributed by atoms with E-state index in [4.69, 9.17) is 10.00 Å². The fourth-order valence-electron chi connectivity index (χ4n) is 0.141. The molecular formula is C3H4O5P+. The fourth-order valence-corrected chi connectivity index (χ4v) is 0.306. The maximum absolute atomic E-state index is 9.66. The van der Waals surface area contributed by atoms with Gasteiger partial charge in [0.1, 0.15) is 0 Å². The van der Waals surface area contributed by atoms with Crippen molar-refractivity contribution in [1.82, 2.24) is 0 Å². The Kier molecular flexibility index (Phi) is 3.59. The third-order valence-corrected chi connectivity index (χ3v) is 0.664. The van der Waals surface area contributed by atoms with Gasteiger partial charge in [0.15, 0.2) is 6.26 Å². The second-order valence-corrected chi connectivity index (χ2v) is 1.67. The van der Waals surface area contributed by atoms with Crippen LogP contribution in [0.15, 0.2) is 12.3 Å². The van der Waals surface area contributed by atoms with Crippen LogP contribution in [0.3, 0.4) is 0 Å². The Balaban J connectivity index is 3.48. The van der Waals surface area contributed by atoms with Gasteiger partial charge in [-0.1, -0.05) is 0 Å². The molecule has 50 valence electrons. The van der Waals surface area contributed by atoms with Crippen LogP contribution < -0.4 is 0 Å². The monoisotopic (exact) mass is 151 g/mol. The van der Waals surface area contributed by atoms with Crippen LogP contribution in [0, 0.1) is 0 Å². The zero-order chi connectivity index (χ0) is 7.28. The average Bonchev–Trinajstić information content (AvgIpc) is 1.63. The van der Waals surface area contributed by atoms with Crippen molar-refractivity contribution < 1.29 is 23.9 Å². The molecule has 0 fully saturated rings. The zero-order valence-electron chi connectivity index (χ0n) is 4.22. The van der Waals surface area contributed by atoms with Crippen molar-refractivity contribution in [3.05, 3.63) is 12.3 Å². The molecule has 0 aromatic heterocycles. The minimum absolute atomic E-state index is 0.615. The molecule has 1 unspecified atom stereocenters. The molecule has 0 saturated heterocycles. The molecule has 0 saturated carbocycles. The molecule has 0 rings (SSSR count). The van der Waals surface area contributed by atoms with E-state index in [2.05, 4.69) is 4.52 Å². The second kappa shape index (κ2) is 4.00. The van der Waals surface area contributed by atoms with Gasteiger partial charge in [-0.05, 0) is 0 Å². The summed E-state index contributed by atoms with van der Waals surface area (Å²) in [6, 6.07) is 0. The Bertz CT molecular complexity index is 150. The molecule has 0 heterocycles. The summed E-state index contributed by atoms with van der Waals surface area (Å²) in [7, 11) is -2.73. The van der Waals surface area contributed by atoms with Gasteiger partial charge in [0, 0.05) is 4.57 Å². The van der Waals surface area contributed by atoms with E-state index in [1.165, 1.54) is 0 Å². The van der Waals surface area contributed by atoms with Crippen molar-refractivity contribution in [2.24, 2.45) is 0 Å². The first kappa shape index (κ1) is 8.07. The van der Waals surface area contributed by atoms with Crippen LogP contribution in [0.4, 0.5) is 0 Å². The molecule has 2 N–H and O–H groups in total. The molecule has 0 spiro atoms. The zero-order valence-corrected chi connectivity index (χ0v) is 5.12. The number of carboxylic acid groups (broad SMARTS) is 1. The molecule has 0 amide bonds. The summed E-state index contributed by atoms with van der Waals surface area (Å²) in [6.45, 7) is 0. The molecule has 0 aromatic rings. The van der Waals surface area contributed by atoms with Crippen molar-refractivity contribution in [3.63, 3.8) is 0 Å². The van der Waals surface area contributed by atoms with Crippen molar-refractivity contribution in [1.29, 1.82) is 0 Å². The molecule has 0 aliphatic carbocycles. The lowest BCUT2D eigenvalue weighted by Gasteiger charge is -1.73. The topological polar surface area (TPSA) is 83.8 Å². The highest BCUT2D eigenvalue weighted by atomic mass is 31.1. The van der Waals surface area contributed by atoms with E-state index >= 15 is 0 Å². The minimum atomic E-state index is -2.73. The predicted octanol–water partition coefficient (Wildman–Crippen LogP) is 0.251. The first-order chi connectivity index (χ1) is 4.13. The summed E-state index contributed by atoms with van der Waals surface area (Å²) in [4.78, 5) is 17.5. The Morgan fingerprint density at radius 1 is 1.67 bits per heavy atom. The van der Waals surface area contributed by atoms with Crippen LogP contribution in [0.25, 0.3) is 0 Å². The predicted molar refractivity (Wildman–Crippen MR) is 27.7 cm³/mol. The summed E-state index contributed by atoms with van der Waals surface area (Å²) >= 11 is 0. The number of rotatable bonds is 3.